The molecule has 1 aliphatic rings. The molecule has 0 spiro atoms. The number of unbranched alkanes of at least 4 members (excludes halogenated alkanes) is 1. The first kappa shape index (κ1) is 15.6. The molecule has 3 N–H and O–H groups in total. The molecule has 0 radical (unpaired) electrons. The van der Waals surface area contributed by atoms with Crippen molar-refractivity contribution in [3.05, 3.63) is 24.4 Å². The monoisotopic (exact) mass is 289 g/mol. The van der Waals surface area contributed by atoms with Crippen LogP contribution in [-0.4, -0.2) is 36.6 Å². The normalized spacial score (nSPS) is 21.0. The summed E-state index contributed by atoms with van der Waals surface area (Å²) in [4.78, 5) is 8.86. The van der Waals surface area contributed by atoms with Gasteiger partial charge in [-0.05, 0) is 44.2 Å². The van der Waals surface area contributed by atoms with Crippen LogP contribution < -0.4 is 16.0 Å². The number of aromatic nitrogens is 1. The number of pyridine rings is 1. The lowest BCUT2D eigenvalue weighted by atomic mass is 10.3. The van der Waals surface area contributed by atoms with Crippen LogP contribution in [0.25, 0.3) is 0 Å². The van der Waals surface area contributed by atoms with Gasteiger partial charge in [0.05, 0.1) is 0 Å². The van der Waals surface area contributed by atoms with E-state index in [1.54, 1.807) is 6.20 Å². The zero-order valence-electron chi connectivity index (χ0n) is 13.1. The van der Waals surface area contributed by atoms with E-state index in [1.165, 1.54) is 6.42 Å². The summed E-state index contributed by atoms with van der Waals surface area (Å²) in [5.41, 5.74) is 0. The summed E-state index contributed by atoms with van der Waals surface area (Å²) in [5, 5.41) is 10.1. The highest BCUT2D eigenvalue weighted by atomic mass is 15.2. The minimum absolute atomic E-state index is 0.619. The second-order valence-electron chi connectivity index (χ2n) is 5.57. The molecule has 21 heavy (non-hydrogen) atoms. The maximum absolute atomic E-state index is 4.62. The van der Waals surface area contributed by atoms with Crippen molar-refractivity contribution in [3.8, 4) is 0 Å². The molecule has 2 unspecified atom stereocenters. The Kier molecular flexibility index (Phi) is 6.31. The van der Waals surface area contributed by atoms with Gasteiger partial charge in [-0.2, -0.15) is 0 Å². The van der Waals surface area contributed by atoms with Gasteiger partial charge in [-0.15, -0.1) is 0 Å². The van der Waals surface area contributed by atoms with Crippen molar-refractivity contribution in [3.63, 3.8) is 0 Å². The predicted molar refractivity (Wildman–Crippen MR) is 88.6 cm³/mol. The Morgan fingerprint density at radius 2 is 2.24 bits per heavy atom. The number of rotatable bonds is 8. The predicted octanol–water partition coefficient (Wildman–Crippen LogP) is 2.24. The summed E-state index contributed by atoms with van der Waals surface area (Å²) in [5.74, 6) is 2.69. The Balaban J connectivity index is 1.59. The van der Waals surface area contributed by atoms with Crippen LogP contribution in [0.4, 0.5) is 5.82 Å². The maximum atomic E-state index is 4.62. The third-order valence-corrected chi connectivity index (χ3v) is 3.60. The molecule has 5 nitrogen and oxygen atoms in total. The third kappa shape index (κ3) is 6.02. The lowest BCUT2D eigenvalue weighted by molar-refractivity contribution is 0.738. The van der Waals surface area contributed by atoms with Gasteiger partial charge >= 0.3 is 0 Å². The molecule has 1 aromatic rings. The first-order chi connectivity index (χ1) is 10.3. The highest BCUT2D eigenvalue weighted by molar-refractivity contribution is 5.80. The van der Waals surface area contributed by atoms with Crippen molar-refractivity contribution in [1.82, 2.24) is 15.6 Å². The summed E-state index contributed by atoms with van der Waals surface area (Å²) in [7, 11) is 0. The molecule has 0 aliphatic heterocycles. The van der Waals surface area contributed by atoms with Crippen LogP contribution in [0.5, 0.6) is 0 Å². The number of guanidine groups is 1. The zero-order chi connectivity index (χ0) is 14.9. The smallest absolute Gasteiger partial charge is 0.191 e. The molecule has 2 rings (SSSR count). The molecular weight excluding hydrogens is 262 g/mol. The average molecular weight is 289 g/mol. The van der Waals surface area contributed by atoms with Crippen LogP contribution in [0.1, 0.15) is 33.1 Å². The SMILES string of the molecule is CCNC(=NCCCCNc1ccccn1)NC1CC1C. The maximum Gasteiger partial charge on any atom is 0.191 e. The van der Waals surface area contributed by atoms with E-state index < -0.39 is 0 Å². The van der Waals surface area contributed by atoms with Gasteiger partial charge in [0.15, 0.2) is 5.96 Å². The van der Waals surface area contributed by atoms with Gasteiger partial charge in [0.1, 0.15) is 5.82 Å². The Labute approximate surface area is 127 Å². The Morgan fingerprint density at radius 3 is 2.90 bits per heavy atom. The van der Waals surface area contributed by atoms with Gasteiger partial charge in [-0.3, -0.25) is 4.99 Å². The fraction of sp³-hybridized carbons (Fsp3) is 0.625. The Morgan fingerprint density at radius 1 is 1.38 bits per heavy atom. The van der Waals surface area contributed by atoms with Crippen LogP contribution in [0.3, 0.4) is 0 Å². The molecule has 1 heterocycles. The molecule has 0 amide bonds. The molecule has 2 atom stereocenters. The second-order valence-corrected chi connectivity index (χ2v) is 5.57. The topological polar surface area (TPSA) is 61.3 Å². The van der Waals surface area contributed by atoms with Gasteiger partial charge in [-0.25, -0.2) is 4.98 Å². The van der Waals surface area contributed by atoms with Crippen LogP contribution in [0, 0.1) is 5.92 Å². The van der Waals surface area contributed by atoms with Crippen molar-refractivity contribution < 1.29 is 0 Å². The fourth-order valence-corrected chi connectivity index (χ4v) is 2.13. The second kappa shape index (κ2) is 8.49. The van der Waals surface area contributed by atoms with E-state index in [0.717, 1.165) is 50.2 Å². The van der Waals surface area contributed by atoms with Crippen molar-refractivity contribution in [2.75, 3.05) is 25.0 Å². The largest absolute Gasteiger partial charge is 0.370 e. The quantitative estimate of drug-likeness (QED) is 0.390. The zero-order valence-corrected chi connectivity index (χ0v) is 13.1. The fourth-order valence-electron chi connectivity index (χ4n) is 2.13. The number of nitrogens with one attached hydrogen (secondary N) is 3. The van der Waals surface area contributed by atoms with E-state index in [1.807, 2.05) is 18.2 Å². The van der Waals surface area contributed by atoms with E-state index in [-0.39, 0.29) is 0 Å². The average Bonchev–Trinajstić information content (AvgIpc) is 3.19. The minimum atomic E-state index is 0.619. The van der Waals surface area contributed by atoms with Crippen LogP contribution >= 0.6 is 0 Å². The van der Waals surface area contributed by atoms with E-state index in [4.69, 9.17) is 0 Å². The van der Waals surface area contributed by atoms with Crippen LogP contribution in [-0.2, 0) is 0 Å². The molecular formula is C16H27N5. The number of hydrogen-bond acceptors (Lipinski definition) is 3. The summed E-state index contributed by atoms with van der Waals surface area (Å²) in [6.45, 7) is 7.08. The third-order valence-electron chi connectivity index (χ3n) is 3.60. The first-order valence-corrected chi connectivity index (χ1v) is 7.99. The summed E-state index contributed by atoms with van der Waals surface area (Å²) in [6.07, 6.45) is 5.24. The molecule has 0 aromatic carbocycles. The van der Waals surface area contributed by atoms with Gasteiger partial charge in [-0.1, -0.05) is 13.0 Å². The van der Waals surface area contributed by atoms with Gasteiger partial charge in [0.2, 0.25) is 0 Å². The van der Waals surface area contributed by atoms with Crippen LogP contribution in [0.15, 0.2) is 29.4 Å². The summed E-state index contributed by atoms with van der Waals surface area (Å²) in [6, 6.07) is 6.53. The molecule has 0 saturated heterocycles. The first-order valence-electron chi connectivity index (χ1n) is 7.99. The standard InChI is InChI=1S/C16H27N5/c1-3-17-16(21-14-12-13(14)2)20-11-7-6-10-19-15-8-4-5-9-18-15/h4-5,8-9,13-14H,3,6-7,10-12H2,1-2H3,(H,18,19)(H2,17,20,21). The van der Waals surface area contributed by atoms with Crippen molar-refractivity contribution in [2.45, 2.75) is 39.2 Å². The Bertz CT molecular complexity index is 432. The number of nitrogens with zero attached hydrogens (tertiary/aromatic N) is 2. The molecule has 5 heteroatoms. The molecule has 0 bridgehead atoms. The van der Waals surface area contributed by atoms with Crippen molar-refractivity contribution >= 4 is 11.8 Å². The highest BCUT2D eigenvalue weighted by Crippen LogP contribution is 2.28. The lowest BCUT2D eigenvalue weighted by Crippen LogP contribution is -2.39. The number of anilines is 1. The molecule has 1 fully saturated rings. The van der Waals surface area contributed by atoms with E-state index in [2.05, 4.69) is 39.8 Å². The van der Waals surface area contributed by atoms with Crippen molar-refractivity contribution in [2.24, 2.45) is 10.9 Å². The van der Waals surface area contributed by atoms with E-state index >= 15 is 0 Å². The number of hydrogen-bond donors (Lipinski definition) is 3. The van der Waals surface area contributed by atoms with E-state index in [0.29, 0.717) is 6.04 Å². The molecule has 116 valence electrons. The van der Waals surface area contributed by atoms with Gasteiger partial charge in [0.25, 0.3) is 0 Å². The summed E-state index contributed by atoms with van der Waals surface area (Å²) >= 11 is 0. The van der Waals surface area contributed by atoms with Gasteiger partial charge in [0, 0.05) is 31.9 Å². The van der Waals surface area contributed by atoms with Crippen molar-refractivity contribution in [1.29, 1.82) is 0 Å². The molecule has 1 aromatic heterocycles. The summed E-state index contributed by atoms with van der Waals surface area (Å²) < 4.78 is 0. The molecule has 1 aliphatic carbocycles. The minimum Gasteiger partial charge on any atom is -0.370 e. The van der Waals surface area contributed by atoms with Crippen LogP contribution in [0.2, 0.25) is 0 Å². The van der Waals surface area contributed by atoms with Gasteiger partial charge < -0.3 is 16.0 Å². The highest BCUT2D eigenvalue weighted by Gasteiger charge is 2.33. The molecule has 1 saturated carbocycles. The number of aliphatic imine (C=N–C) groups is 1. The Hall–Kier alpha value is -1.78. The van der Waals surface area contributed by atoms with E-state index in [9.17, 15) is 0 Å². The lowest BCUT2D eigenvalue weighted by Gasteiger charge is -2.10.